The van der Waals surface area contributed by atoms with Crippen LogP contribution >= 0.6 is 0 Å². The highest BCUT2D eigenvalue weighted by Crippen LogP contribution is 2.29. The van der Waals surface area contributed by atoms with Crippen LogP contribution in [0.15, 0.2) is 23.1 Å². The predicted octanol–water partition coefficient (Wildman–Crippen LogP) is 0.384. The van der Waals surface area contributed by atoms with E-state index in [1.165, 1.54) is 19.2 Å². The summed E-state index contributed by atoms with van der Waals surface area (Å²) in [6, 6.07) is 4.53. The van der Waals surface area contributed by atoms with Crippen molar-refractivity contribution in [3.05, 3.63) is 18.2 Å². The van der Waals surface area contributed by atoms with Gasteiger partial charge in [-0.3, -0.25) is 0 Å². The zero-order chi connectivity index (χ0) is 14.8. The zero-order valence-electron chi connectivity index (χ0n) is 11.6. The van der Waals surface area contributed by atoms with Gasteiger partial charge in [-0.2, -0.15) is 0 Å². The van der Waals surface area contributed by atoms with E-state index in [0.29, 0.717) is 11.4 Å². The minimum Gasteiger partial charge on any atom is -0.397 e. The number of nitrogens with one attached hydrogen (secondary N) is 1. The number of likely N-dealkylation sites (N-methyl/N-ethyl adjacent to an activating group) is 1. The molecule has 0 atom stereocenters. The van der Waals surface area contributed by atoms with Gasteiger partial charge in [0.05, 0.1) is 28.4 Å². The van der Waals surface area contributed by atoms with Gasteiger partial charge in [0.15, 0.2) is 0 Å². The molecule has 6 nitrogen and oxygen atoms in total. The van der Waals surface area contributed by atoms with E-state index in [-0.39, 0.29) is 11.5 Å². The van der Waals surface area contributed by atoms with Crippen LogP contribution in [0.2, 0.25) is 0 Å². The highest BCUT2D eigenvalue weighted by molar-refractivity contribution is 7.89. The highest BCUT2D eigenvalue weighted by atomic mass is 32.2. The average molecular weight is 287 g/mol. The molecule has 7 heteroatoms. The van der Waals surface area contributed by atoms with Crippen LogP contribution in [0.4, 0.5) is 11.4 Å². The number of nitrogen functional groups attached to an aromatic ring is 1. The second-order valence-corrected chi connectivity index (χ2v) is 6.84. The molecular weight excluding hydrogens is 266 g/mol. The van der Waals surface area contributed by atoms with E-state index in [0.717, 1.165) is 0 Å². The minimum absolute atomic E-state index is 0.0422. The van der Waals surface area contributed by atoms with Gasteiger partial charge < -0.3 is 15.7 Å². The van der Waals surface area contributed by atoms with Gasteiger partial charge >= 0.3 is 0 Å². The quantitative estimate of drug-likeness (QED) is 0.681. The van der Waals surface area contributed by atoms with Crippen molar-refractivity contribution in [3.8, 4) is 0 Å². The van der Waals surface area contributed by atoms with Gasteiger partial charge in [0.25, 0.3) is 0 Å². The molecule has 0 heterocycles. The number of aliphatic hydroxyl groups excluding tert-OH is 1. The maximum absolute atomic E-state index is 11.7. The summed E-state index contributed by atoms with van der Waals surface area (Å²) < 4.78 is 25.6. The van der Waals surface area contributed by atoms with Crippen molar-refractivity contribution in [1.29, 1.82) is 0 Å². The molecule has 0 saturated heterocycles. The van der Waals surface area contributed by atoms with E-state index in [4.69, 9.17) is 5.73 Å². The SMILES string of the molecule is CNS(=O)(=O)c1ccc(N(C)C(C)(C)CO)c(N)c1. The van der Waals surface area contributed by atoms with Gasteiger partial charge in [-0.25, -0.2) is 13.1 Å². The molecule has 0 spiro atoms. The number of nitrogens with two attached hydrogens (primary N) is 1. The number of rotatable bonds is 5. The van der Waals surface area contributed by atoms with Gasteiger partial charge in [-0.15, -0.1) is 0 Å². The van der Waals surface area contributed by atoms with Crippen LogP contribution in [0.25, 0.3) is 0 Å². The first kappa shape index (κ1) is 15.7. The van der Waals surface area contributed by atoms with Crippen molar-refractivity contribution >= 4 is 21.4 Å². The summed E-state index contributed by atoms with van der Waals surface area (Å²) in [6.45, 7) is 3.69. The molecule has 19 heavy (non-hydrogen) atoms. The highest BCUT2D eigenvalue weighted by Gasteiger charge is 2.25. The summed E-state index contributed by atoms with van der Waals surface area (Å²) in [5, 5.41) is 9.35. The molecule has 0 saturated carbocycles. The smallest absolute Gasteiger partial charge is 0.240 e. The molecule has 0 radical (unpaired) electrons. The number of sulfonamides is 1. The Morgan fingerprint density at radius 3 is 2.42 bits per heavy atom. The van der Waals surface area contributed by atoms with Crippen LogP contribution in [-0.4, -0.2) is 39.8 Å². The summed E-state index contributed by atoms with van der Waals surface area (Å²) >= 11 is 0. The van der Waals surface area contributed by atoms with E-state index < -0.39 is 15.6 Å². The van der Waals surface area contributed by atoms with Crippen molar-refractivity contribution in [2.45, 2.75) is 24.3 Å². The summed E-state index contributed by atoms with van der Waals surface area (Å²) in [6.07, 6.45) is 0. The Bertz CT molecular complexity index is 555. The Labute approximate surface area is 114 Å². The van der Waals surface area contributed by atoms with Crippen LogP contribution < -0.4 is 15.4 Å². The topological polar surface area (TPSA) is 95.7 Å². The number of nitrogens with zero attached hydrogens (tertiary/aromatic N) is 1. The summed E-state index contributed by atoms with van der Waals surface area (Å²) in [4.78, 5) is 1.93. The van der Waals surface area contributed by atoms with Crippen molar-refractivity contribution in [2.75, 3.05) is 31.3 Å². The molecule has 0 amide bonds. The average Bonchev–Trinajstić information content (AvgIpc) is 2.37. The lowest BCUT2D eigenvalue weighted by atomic mass is 10.0. The third-order valence-electron chi connectivity index (χ3n) is 3.23. The summed E-state index contributed by atoms with van der Waals surface area (Å²) in [5.74, 6) is 0. The fourth-order valence-electron chi connectivity index (χ4n) is 1.56. The lowest BCUT2D eigenvalue weighted by Crippen LogP contribution is -2.44. The van der Waals surface area contributed by atoms with Crippen LogP contribution in [0.3, 0.4) is 0 Å². The Morgan fingerprint density at radius 2 is 2.00 bits per heavy atom. The molecular formula is C12H21N3O3S. The normalized spacial score (nSPS) is 12.5. The molecule has 0 aliphatic heterocycles. The molecule has 108 valence electrons. The molecule has 0 aliphatic rings. The van der Waals surface area contributed by atoms with E-state index in [2.05, 4.69) is 4.72 Å². The lowest BCUT2D eigenvalue weighted by Gasteiger charge is -2.36. The number of aliphatic hydroxyl groups is 1. The van der Waals surface area contributed by atoms with Gasteiger partial charge in [-0.1, -0.05) is 0 Å². The van der Waals surface area contributed by atoms with E-state index in [1.54, 1.807) is 13.1 Å². The predicted molar refractivity (Wildman–Crippen MR) is 76.7 cm³/mol. The number of hydrogen-bond acceptors (Lipinski definition) is 5. The first-order valence-corrected chi connectivity index (χ1v) is 7.32. The maximum Gasteiger partial charge on any atom is 0.240 e. The summed E-state index contributed by atoms with van der Waals surface area (Å²) in [5.41, 5.74) is 6.44. The van der Waals surface area contributed by atoms with Crippen molar-refractivity contribution in [3.63, 3.8) is 0 Å². The van der Waals surface area contributed by atoms with Crippen molar-refractivity contribution in [1.82, 2.24) is 4.72 Å². The van der Waals surface area contributed by atoms with Crippen molar-refractivity contribution in [2.24, 2.45) is 0 Å². The molecule has 0 unspecified atom stereocenters. The van der Waals surface area contributed by atoms with Crippen LogP contribution in [0, 0.1) is 0 Å². The maximum atomic E-state index is 11.7. The molecule has 0 fully saturated rings. The van der Waals surface area contributed by atoms with Gasteiger partial charge in [-0.05, 0) is 39.1 Å². The van der Waals surface area contributed by atoms with E-state index in [1.807, 2.05) is 18.7 Å². The third-order valence-corrected chi connectivity index (χ3v) is 4.65. The molecule has 0 aromatic heterocycles. The number of benzene rings is 1. The fraction of sp³-hybridized carbons (Fsp3) is 0.500. The fourth-order valence-corrected chi connectivity index (χ4v) is 2.32. The largest absolute Gasteiger partial charge is 0.397 e. The van der Waals surface area contributed by atoms with E-state index >= 15 is 0 Å². The van der Waals surface area contributed by atoms with Crippen LogP contribution in [0.5, 0.6) is 0 Å². The number of hydrogen-bond donors (Lipinski definition) is 3. The summed E-state index contributed by atoms with van der Waals surface area (Å²) in [7, 11) is -0.355. The molecule has 1 aromatic carbocycles. The second-order valence-electron chi connectivity index (χ2n) is 4.96. The van der Waals surface area contributed by atoms with Gasteiger partial charge in [0.2, 0.25) is 10.0 Å². The zero-order valence-corrected chi connectivity index (χ0v) is 12.5. The number of anilines is 2. The Balaban J connectivity index is 3.22. The monoisotopic (exact) mass is 287 g/mol. The third kappa shape index (κ3) is 3.17. The lowest BCUT2D eigenvalue weighted by molar-refractivity contribution is 0.216. The van der Waals surface area contributed by atoms with E-state index in [9.17, 15) is 13.5 Å². The Hall–Kier alpha value is -1.31. The van der Waals surface area contributed by atoms with Gasteiger partial charge in [0.1, 0.15) is 0 Å². The molecule has 0 bridgehead atoms. The Kier molecular flexibility index (Phi) is 4.44. The minimum atomic E-state index is -3.50. The second kappa shape index (κ2) is 5.36. The molecule has 1 rings (SSSR count). The first-order valence-electron chi connectivity index (χ1n) is 5.83. The molecule has 0 aliphatic carbocycles. The van der Waals surface area contributed by atoms with Crippen molar-refractivity contribution < 1.29 is 13.5 Å². The van der Waals surface area contributed by atoms with Crippen LogP contribution in [-0.2, 0) is 10.0 Å². The van der Waals surface area contributed by atoms with Crippen LogP contribution in [0.1, 0.15) is 13.8 Å². The molecule has 1 aromatic rings. The standard InChI is InChI=1S/C12H21N3O3S/c1-12(2,8-16)15(4)11-6-5-9(7-10(11)13)19(17,18)14-3/h5-7,14,16H,8,13H2,1-4H3. The van der Waals surface area contributed by atoms with Gasteiger partial charge in [0, 0.05) is 7.05 Å². The first-order chi connectivity index (χ1) is 8.65. The Morgan fingerprint density at radius 1 is 1.42 bits per heavy atom. The molecule has 4 N–H and O–H groups in total.